The third kappa shape index (κ3) is 1.73. The molecule has 0 saturated carbocycles. The van der Waals surface area contributed by atoms with Crippen molar-refractivity contribution < 1.29 is 0 Å². The van der Waals surface area contributed by atoms with E-state index in [4.69, 9.17) is 23.2 Å². The standard InChI is InChI=1S/C9H8Cl2N4S/c10-6-5-7(13-8(11)12-6)14-9(16-5)15-3-1-2-4-15/h1-4H2. The predicted octanol–water partition coefficient (Wildman–Crippen LogP) is 2.99. The van der Waals surface area contributed by atoms with Crippen molar-refractivity contribution in [3.8, 4) is 0 Å². The average molecular weight is 275 g/mol. The Morgan fingerprint density at radius 2 is 1.81 bits per heavy atom. The van der Waals surface area contributed by atoms with E-state index in [1.165, 1.54) is 24.2 Å². The molecule has 1 fully saturated rings. The Morgan fingerprint density at radius 1 is 1.06 bits per heavy atom. The van der Waals surface area contributed by atoms with Crippen molar-refractivity contribution in [1.29, 1.82) is 0 Å². The molecule has 3 rings (SSSR count). The second-order valence-corrected chi connectivity index (χ2v) is 5.30. The smallest absolute Gasteiger partial charge is 0.225 e. The van der Waals surface area contributed by atoms with Crippen molar-refractivity contribution >= 4 is 50.0 Å². The molecule has 0 atom stereocenters. The molecule has 7 heteroatoms. The molecule has 0 unspecified atom stereocenters. The second-order valence-electron chi connectivity index (χ2n) is 3.63. The number of aromatic nitrogens is 3. The molecule has 0 aromatic carbocycles. The highest BCUT2D eigenvalue weighted by Gasteiger charge is 2.18. The van der Waals surface area contributed by atoms with Gasteiger partial charge < -0.3 is 4.90 Å². The van der Waals surface area contributed by atoms with Gasteiger partial charge in [0, 0.05) is 13.1 Å². The Kier molecular flexibility index (Phi) is 2.61. The van der Waals surface area contributed by atoms with E-state index in [2.05, 4.69) is 19.9 Å². The van der Waals surface area contributed by atoms with Gasteiger partial charge in [0.1, 0.15) is 4.70 Å². The molecule has 0 spiro atoms. The van der Waals surface area contributed by atoms with Crippen molar-refractivity contribution in [1.82, 2.24) is 15.0 Å². The minimum Gasteiger partial charge on any atom is -0.348 e. The molecular formula is C9H8Cl2N4S. The number of nitrogens with zero attached hydrogens (tertiary/aromatic N) is 4. The number of hydrogen-bond acceptors (Lipinski definition) is 5. The van der Waals surface area contributed by atoms with Gasteiger partial charge in [-0.25, -0.2) is 4.98 Å². The van der Waals surface area contributed by atoms with E-state index in [9.17, 15) is 0 Å². The summed E-state index contributed by atoms with van der Waals surface area (Å²) in [5.74, 6) is 0. The largest absolute Gasteiger partial charge is 0.348 e. The summed E-state index contributed by atoms with van der Waals surface area (Å²) in [6.45, 7) is 2.11. The summed E-state index contributed by atoms with van der Waals surface area (Å²) in [5.41, 5.74) is 0.594. The van der Waals surface area contributed by atoms with Crippen LogP contribution in [0.15, 0.2) is 0 Å². The molecule has 1 aliphatic rings. The van der Waals surface area contributed by atoms with Gasteiger partial charge >= 0.3 is 0 Å². The van der Waals surface area contributed by atoms with Crippen LogP contribution in [0.3, 0.4) is 0 Å². The van der Waals surface area contributed by atoms with Crippen LogP contribution in [0.1, 0.15) is 12.8 Å². The third-order valence-electron chi connectivity index (χ3n) is 2.55. The lowest BCUT2D eigenvalue weighted by Crippen LogP contribution is -2.16. The molecule has 0 aliphatic carbocycles. The first-order valence-electron chi connectivity index (χ1n) is 4.98. The zero-order valence-corrected chi connectivity index (χ0v) is 10.6. The quantitative estimate of drug-likeness (QED) is 0.592. The Morgan fingerprint density at radius 3 is 2.56 bits per heavy atom. The topological polar surface area (TPSA) is 41.9 Å². The van der Waals surface area contributed by atoms with Crippen molar-refractivity contribution in [3.63, 3.8) is 0 Å². The van der Waals surface area contributed by atoms with Crippen molar-refractivity contribution in [2.45, 2.75) is 12.8 Å². The highest BCUT2D eigenvalue weighted by atomic mass is 35.5. The third-order valence-corrected chi connectivity index (χ3v) is 4.22. The summed E-state index contributed by atoms with van der Waals surface area (Å²) in [6, 6.07) is 0. The Hall–Kier alpha value is -0.650. The molecule has 0 amide bonds. The van der Waals surface area contributed by atoms with Gasteiger partial charge in [0.25, 0.3) is 0 Å². The van der Waals surface area contributed by atoms with Gasteiger partial charge in [-0.05, 0) is 24.4 Å². The molecule has 0 radical (unpaired) electrons. The minimum atomic E-state index is 0.149. The van der Waals surface area contributed by atoms with Gasteiger partial charge in [0.05, 0.1) is 0 Å². The summed E-state index contributed by atoms with van der Waals surface area (Å²) >= 11 is 13.3. The number of hydrogen-bond donors (Lipinski definition) is 0. The van der Waals surface area contributed by atoms with Crippen LogP contribution in [0.5, 0.6) is 0 Å². The number of halogens is 2. The van der Waals surface area contributed by atoms with Crippen LogP contribution in [-0.4, -0.2) is 28.0 Å². The molecule has 0 bridgehead atoms. The highest BCUT2D eigenvalue weighted by molar-refractivity contribution is 7.22. The molecule has 4 nitrogen and oxygen atoms in total. The summed E-state index contributed by atoms with van der Waals surface area (Å²) in [6.07, 6.45) is 2.44. The molecule has 3 heterocycles. The van der Waals surface area contributed by atoms with Gasteiger partial charge in [-0.1, -0.05) is 22.9 Å². The molecule has 2 aromatic heterocycles. The first-order valence-corrected chi connectivity index (χ1v) is 6.56. The maximum atomic E-state index is 6.00. The summed E-state index contributed by atoms with van der Waals surface area (Å²) < 4.78 is 0.813. The Labute approximate surface area is 106 Å². The lowest BCUT2D eigenvalue weighted by Gasteiger charge is -2.11. The maximum absolute atomic E-state index is 6.00. The normalized spacial score (nSPS) is 16.2. The van der Waals surface area contributed by atoms with Crippen LogP contribution < -0.4 is 4.90 Å². The molecule has 16 heavy (non-hydrogen) atoms. The minimum absolute atomic E-state index is 0.149. The number of thiazole rings is 1. The van der Waals surface area contributed by atoms with Gasteiger partial charge in [-0.3, -0.25) is 0 Å². The van der Waals surface area contributed by atoms with E-state index in [1.54, 1.807) is 0 Å². The van der Waals surface area contributed by atoms with Gasteiger partial charge in [0.15, 0.2) is 15.9 Å². The zero-order chi connectivity index (χ0) is 11.1. The monoisotopic (exact) mass is 274 g/mol. The van der Waals surface area contributed by atoms with E-state index in [0.29, 0.717) is 10.8 Å². The zero-order valence-electron chi connectivity index (χ0n) is 8.28. The van der Waals surface area contributed by atoms with Gasteiger partial charge in [-0.15, -0.1) is 0 Å². The Balaban J connectivity index is 2.11. The van der Waals surface area contributed by atoms with Crippen LogP contribution in [-0.2, 0) is 0 Å². The summed E-state index contributed by atoms with van der Waals surface area (Å²) in [5, 5.41) is 1.50. The van der Waals surface area contributed by atoms with Crippen LogP contribution in [0.2, 0.25) is 10.4 Å². The van der Waals surface area contributed by atoms with Gasteiger partial charge in [-0.2, -0.15) is 9.97 Å². The van der Waals surface area contributed by atoms with Crippen molar-refractivity contribution in [3.05, 3.63) is 10.4 Å². The van der Waals surface area contributed by atoms with E-state index in [-0.39, 0.29) is 5.28 Å². The Bertz CT molecular complexity index is 536. The van der Waals surface area contributed by atoms with E-state index < -0.39 is 0 Å². The fourth-order valence-corrected chi connectivity index (χ4v) is 3.23. The van der Waals surface area contributed by atoms with Gasteiger partial charge in [0.2, 0.25) is 5.28 Å². The number of fused-ring (bicyclic) bond motifs is 1. The average Bonchev–Trinajstić information content (AvgIpc) is 2.82. The molecule has 2 aromatic rings. The highest BCUT2D eigenvalue weighted by Crippen LogP contribution is 2.33. The summed E-state index contributed by atoms with van der Waals surface area (Å²) in [7, 11) is 0. The molecule has 84 valence electrons. The van der Waals surface area contributed by atoms with E-state index in [1.807, 2.05) is 0 Å². The first-order chi connectivity index (χ1) is 7.74. The number of rotatable bonds is 1. The van der Waals surface area contributed by atoms with Crippen molar-refractivity contribution in [2.24, 2.45) is 0 Å². The van der Waals surface area contributed by atoms with E-state index >= 15 is 0 Å². The van der Waals surface area contributed by atoms with Crippen LogP contribution in [0, 0.1) is 0 Å². The van der Waals surface area contributed by atoms with Crippen LogP contribution in [0.4, 0.5) is 5.13 Å². The molecule has 0 N–H and O–H groups in total. The first kappa shape index (κ1) is 10.5. The maximum Gasteiger partial charge on any atom is 0.225 e. The SMILES string of the molecule is Clc1nc(Cl)c2sc(N3CCCC3)nc2n1. The molecular weight excluding hydrogens is 267 g/mol. The fourth-order valence-electron chi connectivity index (χ4n) is 1.80. The van der Waals surface area contributed by atoms with E-state index in [0.717, 1.165) is 22.9 Å². The summed E-state index contributed by atoms with van der Waals surface area (Å²) in [4.78, 5) is 14.7. The number of anilines is 1. The lowest BCUT2D eigenvalue weighted by atomic mass is 10.4. The predicted molar refractivity (Wildman–Crippen MR) is 66.7 cm³/mol. The van der Waals surface area contributed by atoms with Crippen molar-refractivity contribution in [2.75, 3.05) is 18.0 Å². The van der Waals surface area contributed by atoms with Crippen LogP contribution >= 0.6 is 34.5 Å². The molecule has 1 aliphatic heterocycles. The van der Waals surface area contributed by atoms with Crippen LogP contribution in [0.25, 0.3) is 10.3 Å². The lowest BCUT2D eigenvalue weighted by molar-refractivity contribution is 0.949. The molecule has 1 saturated heterocycles. The second kappa shape index (κ2) is 3.98. The fraction of sp³-hybridized carbons (Fsp3) is 0.444.